The molecule has 1 atom stereocenters. The van der Waals surface area contributed by atoms with Crippen LogP contribution in [0.25, 0.3) is 0 Å². The number of piperidine rings is 1. The minimum Gasteiger partial charge on any atom is -0.307 e. The minimum atomic E-state index is -0.241. The third kappa shape index (κ3) is 3.13. The quantitative estimate of drug-likeness (QED) is 0.871. The highest BCUT2D eigenvalue weighted by Crippen LogP contribution is 2.14. The van der Waals surface area contributed by atoms with Gasteiger partial charge in [-0.05, 0) is 49.6 Å². The second-order valence-corrected chi connectivity index (χ2v) is 4.72. The molecule has 1 aliphatic rings. The SMILES string of the molecule is Cc1cc(F)ccc1CC(=O)C1CCCCN1. The Hall–Kier alpha value is -1.22. The Morgan fingerprint density at radius 1 is 1.47 bits per heavy atom. The van der Waals surface area contributed by atoms with Crippen LogP contribution in [0.4, 0.5) is 4.39 Å². The fourth-order valence-electron chi connectivity index (χ4n) is 2.30. The summed E-state index contributed by atoms with van der Waals surface area (Å²) in [6, 6.07) is 4.61. The summed E-state index contributed by atoms with van der Waals surface area (Å²) in [7, 11) is 0. The highest BCUT2D eigenvalue weighted by molar-refractivity contribution is 5.86. The summed E-state index contributed by atoms with van der Waals surface area (Å²) in [5.41, 5.74) is 1.79. The van der Waals surface area contributed by atoms with E-state index in [2.05, 4.69) is 5.32 Å². The molecule has 2 rings (SSSR count). The van der Waals surface area contributed by atoms with Gasteiger partial charge in [-0.1, -0.05) is 12.5 Å². The second kappa shape index (κ2) is 5.41. The van der Waals surface area contributed by atoms with Crippen molar-refractivity contribution in [1.29, 1.82) is 0 Å². The zero-order valence-electron chi connectivity index (χ0n) is 10.1. The third-order valence-corrected chi connectivity index (χ3v) is 3.37. The summed E-state index contributed by atoms with van der Waals surface area (Å²) < 4.78 is 12.9. The maximum absolute atomic E-state index is 12.9. The summed E-state index contributed by atoms with van der Waals surface area (Å²) in [4.78, 5) is 12.0. The van der Waals surface area contributed by atoms with Gasteiger partial charge >= 0.3 is 0 Å². The molecule has 17 heavy (non-hydrogen) atoms. The highest BCUT2D eigenvalue weighted by atomic mass is 19.1. The molecule has 1 saturated heterocycles. The first-order chi connectivity index (χ1) is 8.16. The normalized spacial score (nSPS) is 20.2. The molecule has 1 aromatic carbocycles. The number of nitrogens with one attached hydrogen (secondary N) is 1. The van der Waals surface area contributed by atoms with E-state index in [0.717, 1.165) is 36.9 Å². The first-order valence-corrected chi connectivity index (χ1v) is 6.18. The Bertz CT molecular complexity index is 411. The number of rotatable bonds is 3. The predicted octanol–water partition coefficient (Wildman–Crippen LogP) is 2.39. The number of carbonyl (C=O) groups excluding carboxylic acids is 1. The van der Waals surface area contributed by atoms with E-state index in [1.165, 1.54) is 12.1 Å². The molecule has 2 nitrogen and oxygen atoms in total. The zero-order chi connectivity index (χ0) is 12.3. The van der Waals surface area contributed by atoms with Crippen molar-refractivity contribution in [2.45, 2.75) is 38.6 Å². The molecule has 0 spiro atoms. The second-order valence-electron chi connectivity index (χ2n) is 4.72. The van der Waals surface area contributed by atoms with E-state index in [4.69, 9.17) is 0 Å². The van der Waals surface area contributed by atoms with E-state index < -0.39 is 0 Å². The van der Waals surface area contributed by atoms with E-state index in [1.54, 1.807) is 6.07 Å². The topological polar surface area (TPSA) is 29.1 Å². The molecule has 0 aromatic heterocycles. The van der Waals surface area contributed by atoms with Gasteiger partial charge in [-0.3, -0.25) is 4.79 Å². The van der Waals surface area contributed by atoms with Crippen LogP contribution in [0, 0.1) is 12.7 Å². The molecule has 1 fully saturated rings. The standard InChI is InChI=1S/C14H18FNO/c1-10-8-12(15)6-5-11(10)9-14(17)13-4-2-3-7-16-13/h5-6,8,13,16H,2-4,7,9H2,1H3. The van der Waals surface area contributed by atoms with E-state index in [1.807, 2.05) is 6.92 Å². The van der Waals surface area contributed by atoms with Gasteiger partial charge < -0.3 is 5.32 Å². The van der Waals surface area contributed by atoms with Gasteiger partial charge in [0, 0.05) is 6.42 Å². The molecule has 92 valence electrons. The number of carbonyl (C=O) groups is 1. The Labute approximate surface area is 101 Å². The molecule has 0 radical (unpaired) electrons. The van der Waals surface area contributed by atoms with E-state index in [9.17, 15) is 9.18 Å². The highest BCUT2D eigenvalue weighted by Gasteiger charge is 2.20. The van der Waals surface area contributed by atoms with Crippen molar-refractivity contribution >= 4 is 5.78 Å². The van der Waals surface area contributed by atoms with Crippen LogP contribution in [-0.2, 0) is 11.2 Å². The van der Waals surface area contributed by atoms with Crippen molar-refractivity contribution in [2.75, 3.05) is 6.54 Å². The lowest BCUT2D eigenvalue weighted by Gasteiger charge is -2.22. The van der Waals surface area contributed by atoms with Gasteiger partial charge in [0.05, 0.1) is 6.04 Å². The number of hydrogen-bond donors (Lipinski definition) is 1. The van der Waals surface area contributed by atoms with Crippen molar-refractivity contribution in [3.63, 3.8) is 0 Å². The Kier molecular flexibility index (Phi) is 3.89. The predicted molar refractivity (Wildman–Crippen MR) is 65.5 cm³/mol. The summed E-state index contributed by atoms with van der Waals surface area (Å²) in [6.45, 7) is 2.78. The largest absolute Gasteiger partial charge is 0.307 e. The van der Waals surface area contributed by atoms with Gasteiger partial charge in [0.25, 0.3) is 0 Å². The smallest absolute Gasteiger partial charge is 0.154 e. The molecule has 0 aliphatic carbocycles. The van der Waals surface area contributed by atoms with Crippen molar-refractivity contribution in [3.05, 3.63) is 35.1 Å². The van der Waals surface area contributed by atoms with Crippen LogP contribution in [0.1, 0.15) is 30.4 Å². The average Bonchev–Trinajstić information content (AvgIpc) is 2.34. The summed E-state index contributed by atoms with van der Waals surface area (Å²) in [5, 5.41) is 3.25. The van der Waals surface area contributed by atoms with E-state index in [0.29, 0.717) is 6.42 Å². The van der Waals surface area contributed by atoms with Gasteiger partial charge in [-0.2, -0.15) is 0 Å². The number of aryl methyl sites for hydroxylation is 1. The van der Waals surface area contributed by atoms with Crippen LogP contribution in [0.2, 0.25) is 0 Å². The molecule has 3 heteroatoms. The van der Waals surface area contributed by atoms with Crippen molar-refractivity contribution in [2.24, 2.45) is 0 Å². The van der Waals surface area contributed by atoms with E-state index in [-0.39, 0.29) is 17.6 Å². The van der Waals surface area contributed by atoms with Crippen LogP contribution < -0.4 is 5.32 Å². The molecule has 1 aliphatic heterocycles. The Morgan fingerprint density at radius 3 is 2.94 bits per heavy atom. The molecule has 0 amide bonds. The van der Waals surface area contributed by atoms with Crippen molar-refractivity contribution in [1.82, 2.24) is 5.32 Å². The first-order valence-electron chi connectivity index (χ1n) is 6.18. The van der Waals surface area contributed by atoms with Crippen molar-refractivity contribution in [3.8, 4) is 0 Å². The van der Waals surface area contributed by atoms with Crippen LogP contribution >= 0.6 is 0 Å². The average molecular weight is 235 g/mol. The molecular weight excluding hydrogens is 217 g/mol. The van der Waals surface area contributed by atoms with Gasteiger partial charge in [0.15, 0.2) is 5.78 Å². The third-order valence-electron chi connectivity index (χ3n) is 3.37. The number of halogens is 1. The lowest BCUT2D eigenvalue weighted by molar-refractivity contribution is -0.120. The molecule has 0 bridgehead atoms. The maximum Gasteiger partial charge on any atom is 0.154 e. The fraction of sp³-hybridized carbons (Fsp3) is 0.500. The summed E-state index contributed by atoms with van der Waals surface area (Å²) in [5.74, 6) is -0.0195. The number of benzene rings is 1. The summed E-state index contributed by atoms with van der Waals surface area (Å²) in [6.07, 6.45) is 3.61. The lowest BCUT2D eigenvalue weighted by atomic mass is 9.95. The van der Waals surface area contributed by atoms with Gasteiger partial charge in [0.1, 0.15) is 5.82 Å². The molecule has 1 N–H and O–H groups in total. The maximum atomic E-state index is 12.9. The Morgan fingerprint density at radius 2 is 2.29 bits per heavy atom. The molecule has 1 aromatic rings. The zero-order valence-corrected chi connectivity index (χ0v) is 10.1. The molecule has 0 saturated carbocycles. The first kappa shape index (κ1) is 12.2. The van der Waals surface area contributed by atoms with Gasteiger partial charge in [0.2, 0.25) is 0 Å². The van der Waals surface area contributed by atoms with Gasteiger partial charge in [-0.25, -0.2) is 4.39 Å². The number of hydrogen-bond acceptors (Lipinski definition) is 2. The monoisotopic (exact) mass is 235 g/mol. The number of Topliss-reactive ketones (excluding diaryl/α,β-unsaturated/α-hetero) is 1. The molecule has 1 heterocycles. The van der Waals surface area contributed by atoms with Gasteiger partial charge in [-0.15, -0.1) is 0 Å². The molecular formula is C14H18FNO. The minimum absolute atomic E-state index is 0.00629. The van der Waals surface area contributed by atoms with E-state index >= 15 is 0 Å². The number of ketones is 1. The van der Waals surface area contributed by atoms with Crippen LogP contribution in [0.15, 0.2) is 18.2 Å². The fourth-order valence-corrected chi connectivity index (χ4v) is 2.30. The van der Waals surface area contributed by atoms with Crippen LogP contribution in [-0.4, -0.2) is 18.4 Å². The van der Waals surface area contributed by atoms with Crippen LogP contribution in [0.3, 0.4) is 0 Å². The van der Waals surface area contributed by atoms with Crippen LogP contribution in [0.5, 0.6) is 0 Å². The Balaban J connectivity index is 2.02. The molecule has 1 unspecified atom stereocenters. The summed E-state index contributed by atoms with van der Waals surface area (Å²) >= 11 is 0. The lowest BCUT2D eigenvalue weighted by Crippen LogP contribution is -2.41. The van der Waals surface area contributed by atoms with Crippen molar-refractivity contribution < 1.29 is 9.18 Å².